The molecular formula is C23H20F2N4O3S. The van der Waals surface area contributed by atoms with Crippen LogP contribution >= 0.6 is 0 Å². The molecule has 2 aromatic carbocycles. The fraction of sp³-hybridized carbons (Fsp3) is 0.217. The maximum atomic E-state index is 13.7. The first-order valence-electron chi connectivity index (χ1n) is 10.4. The number of anilines is 1. The summed E-state index contributed by atoms with van der Waals surface area (Å²) in [5, 5.41) is 5.80. The van der Waals surface area contributed by atoms with E-state index in [4.69, 9.17) is 0 Å². The van der Waals surface area contributed by atoms with Crippen LogP contribution in [0.4, 0.5) is 19.3 Å². The number of amides is 2. The number of carbonyl (C=O) groups excluding carboxylic acids is 1. The SMILES string of the molecule is O=C1N=C2C=C(S(=O)(=O)N3CC(Nc4ccc(F)c(F)c4)C(c4ccccc4)C3)C=CC2N1. The molecule has 2 amide bonds. The van der Waals surface area contributed by atoms with Crippen LogP contribution in [0.25, 0.3) is 0 Å². The molecule has 1 saturated heterocycles. The first kappa shape index (κ1) is 21.5. The minimum atomic E-state index is -3.89. The van der Waals surface area contributed by atoms with Crippen molar-refractivity contribution in [2.45, 2.75) is 18.0 Å². The van der Waals surface area contributed by atoms with Crippen molar-refractivity contribution < 1.29 is 22.0 Å². The molecule has 170 valence electrons. The second-order valence-electron chi connectivity index (χ2n) is 8.09. The van der Waals surface area contributed by atoms with Gasteiger partial charge in [0.2, 0.25) is 10.0 Å². The second-order valence-corrected chi connectivity index (χ2v) is 10.0. The van der Waals surface area contributed by atoms with Gasteiger partial charge in [-0.05, 0) is 29.8 Å². The van der Waals surface area contributed by atoms with E-state index in [-0.39, 0.29) is 30.0 Å². The summed E-state index contributed by atoms with van der Waals surface area (Å²) < 4.78 is 55.3. The van der Waals surface area contributed by atoms with Crippen LogP contribution in [-0.4, -0.2) is 49.6 Å². The molecule has 0 saturated carbocycles. The fourth-order valence-corrected chi connectivity index (χ4v) is 5.87. The van der Waals surface area contributed by atoms with Crippen LogP contribution < -0.4 is 10.6 Å². The lowest BCUT2D eigenvalue weighted by atomic mass is 9.94. The predicted octanol–water partition coefficient (Wildman–Crippen LogP) is 3.16. The van der Waals surface area contributed by atoms with Crippen molar-refractivity contribution in [1.82, 2.24) is 9.62 Å². The van der Waals surface area contributed by atoms with Crippen molar-refractivity contribution in [3.63, 3.8) is 0 Å². The summed E-state index contributed by atoms with van der Waals surface area (Å²) in [5.74, 6) is -2.15. The van der Waals surface area contributed by atoms with Gasteiger partial charge in [-0.15, -0.1) is 0 Å². The maximum Gasteiger partial charge on any atom is 0.342 e. The number of rotatable bonds is 5. The molecule has 0 bridgehead atoms. The normalized spacial score (nSPS) is 24.8. The van der Waals surface area contributed by atoms with Crippen molar-refractivity contribution in [2.24, 2.45) is 4.99 Å². The number of sulfonamides is 1. The van der Waals surface area contributed by atoms with Crippen LogP contribution in [0.2, 0.25) is 0 Å². The van der Waals surface area contributed by atoms with Crippen molar-refractivity contribution in [1.29, 1.82) is 0 Å². The number of benzene rings is 2. The van der Waals surface area contributed by atoms with Crippen LogP contribution in [0.3, 0.4) is 0 Å². The van der Waals surface area contributed by atoms with Gasteiger partial charge in [-0.3, -0.25) is 0 Å². The first-order chi connectivity index (χ1) is 15.8. The van der Waals surface area contributed by atoms with Gasteiger partial charge in [-0.25, -0.2) is 22.0 Å². The number of allylic oxidation sites excluding steroid dienone is 1. The lowest BCUT2D eigenvalue weighted by Crippen LogP contribution is -2.35. The van der Waals surface area contributed by atoms with E-state index in [2.05, 4.69) is 15.6 Å². The average Bonchev–Trinajstić information content (AvgIpc) is 3.39. The molecule has 3 unspecified atom stereocenters. The molecule has 33 heavy (non-hydrogen) atoms. The molecule has 2 N–H and O–H groups in total. The second kappa shape index (κ2) is 8.20. The van der Waals surface area contributed by atoms with Gasteiger partial charge in [-0.1, -0.05) is 36.4 Å². The number of aliphatic imine (C=N–C) groups is 1. The first-order valence-corrected chi connectivity index (χ1v) is 11.8. The Bertz CT molecular complexity index is 1310. The summed E-state index contributed by atoms with van der Waals surface area (Å²) >= 11 is 0. The summed E-state index contributed by atoms with van der Waals surface area (Å²) in [6, 6.07) is 11.7. The lowest BCUT2D eigenvalue weighted by molar-refractivity contribution is 0.251. The number of halogens is 2. The number of nitrogens with one attached hydrogen (secondary N) is 2. The Hall–Kier alpha value is -3.37. The maximum absolute atomic E-state index is 13.7. The zero-order valence-electron chi connectivity index (χ0n) is 17.3. The Balaban J connectivity index is 1.44. The third-order valence-electron chi connectivity index (χ3n) is 5.99. The third-order valence-corrected chi connectivity index (χ3v) is 7.82. The molecule has 2 aliphatic heterocycles. The van der Waals surface area contributed by atoms with Gasteiger partial charge < -0.3 is 10.6 Å². The summed E-state index contributed by atoms with van der Waals surface area (Å²) in [5.41, 5.74) is 1.65. The number of nitrogens with zero attached hydrogens (tertiary/aromatic N) is 2. The molecule has 10 heteroatoms. The summed E-state index contributed by atoms with van der Waals surface area (Å²) in [6.45, 7) is 0.325. The predicted molar refractivity (Wildman–Crippen MR) is 120 cm³/mol. The molecule has 7 nitrogen and oxygen atoms in total. The van der Waals surface area contributed by atoms with Crippen molar-refractivity contribution in [2.75, 3.05) is 18.4 Å². The van der Waals surface area contributed by atoms with E-state index in [0.29, 0.717) is 11.4 Å². The zero-order chi connectivity index (χ0) is 23.2. The Kier molecular flexibility index (Phi) is 5.34. The van der Waals surface area contributed by atoms with Gasteiger partial charge in [0.15, 0.2) is 11.6 Å². The number of hydrogen-bond donors (Lipinski definition) is 2. The summed E-state index contributed by atoms with van der Waals surface area (Å²) in [7, 11) is -3.89. The molecule has 0 aromatic heterocycles. The van der Waals surface area contributed by atoms with Gasteiger partial charge >= 0.3 is 6.03 Å². The summed E-state index contributed by atoms with van der Waals surface area (Å²) in [6.07, 6.45) is 4.47. The van der Waals surface area contributed by atoms with Crippen molar-refractivity contribution in [3.8, 4) is 0 Å². The minimum Gasteiger partial charge on any atom is -0.380 e. The van der Waals surface area contributed by atoms with E-state index in [9.17, 15) is 22.0 Å². The van der Waals surface area contributed by atoms with E-state index < -0.39 is 33.7 Å². The number of hydrogen-bond acceptors (Lipinski definition) is 4. The third kappa shape index (κ3) is 4.07. The van der Waals surface area contributed by atoms with Gasteiger partial charge in [0.05, 0.1) is 16.7 Å². The largest absolute Gasteiger partial charge is 0.380 e. The van der Waals surface area contributed by atoms with Crippen molar-refractivity contribution in [3.05, 3.63) is 88.9 Å². The zero-order valence-corrected chi connectivity index (χ0v) is 18.1. The molecule has 2 aromatic rings. The smallest absolute Gasteiger partial charge is 0.342 e. The minimum absolute atomic E-state index is 0.0503. The molecule has 0 radical (unpaired) electrons. The fourth-order valence-electron chi connectivity index (χ4n) is 4.34. The highest BCUT2D eigenvalue weighted by molar-refractivity contribution is 7.93. The van der Waals surface area contributed by atoms with Crippen LogP contribution in [0, 0.1) is 11.6 Å². The van der Waals surface area contributed by atoms with E-state index in [1.807, 2.05) is 30.3 Å². The van der Waals surface area contributed by atoms with Gasteiger partial charge in [0, 0.05) is 36.8 Å². The highest BCUT2D eigenvalue weighted by Gasteiger charge is 2.41. The highest BCUT2D eigenvalue weighted by atomic mass is 32.2. The van der Waals surface area contributed by atoms with E-state index in [1.165, 1.54) is 22.5 Å². The molecule has 1 aliphatic carbocycles. The Morgan fingerprint density at radius 1 is 1.06 bits per heavy atom. The van der Waals surface area contributed by atoms with Crippen LogP contribution in [0.1, 0.15) is 11.5 Å². The Morgan fingerprint density at radius 2 is 1.85 bits per heavy atom. The molecular weight excluding hydrogens is 450 g/mol. The van der Waals surface area contributed by atoms with Crippen LogP contribution in [-0.2, 0) is 10.0 Å². The molecule has 5 rings (SSSR count). The van der Waals surface area contributed by atoms with E-state index >= 15 is 0 Å². The molecule has 1 fully saturated rings. The van der Waals surface area contributed by atoms with E-state index in [0.717, 1.165) is 17.7 Å². The topological polar surface area (TPSA) is 90.9 Å². The highest BCUT2D eigenvalue weighted by Crippen LogP contribution is 2.34. The monoisotopic (exact) mass is 470 g/mol. The van der Waals surface area contributed by atoms with E-state index in [1.54, 1.807) is 6.08 Å². The number of fused-ring (bicyclic) bond motifs is 1. The molecule has 2 heterocycles. The lowest BCUT2D eigenvalue weighted by Gasteiger charge is -2.21. The van der Waals surface area contributed by atoms with Gasteiger partial charge in [0.1, 0.15) is 0 Å². The number of carbonyl (C=O) groups is 1. The standard InChI is InChI=1S/C23H20F2N4O3S/c24-18-8-6-15(10-19(18)25)26-22-13-29(12-17(22)14-4-2-1-3-5-14)33(31,32)16-7-9-20-21(11-16)28-23(30)27-20/h1-11,17,20,22,26H,12-13H2,(H,27,30). The average molecular weight is 471 g/mol. The Labute approximate surface area is 189 Å². The van der Waals surface area contributed by atoms with Crippen LogP contribution in [0.15, 0.2) is 76.7 Å². The Morgan fingerprint density at radius 3 is 2.61 bits per heavy atom. The number of urea groups is 1. The summed E-state index contributed by atoms with van der Waals surface area (Å²) in [4.78, 5) is 15.4. The van der Waals surface area contributed by atoms with Crippen molar-refractivity contribution >= 4 is 27.5 Å². The molecule has 3 aliphatic rings. The van der Waals surface area contributed by atoms with Gasteiger partial charge in [0.25, 0.3) is 0 Å². The quantitative estimate of drug-likeness (QED) is 0.703. The molecule has 0 spiro atoms. The molecule has 3 atom stereocenters. The van der Waals surface area contributed by atoms with Crippen LogP contribution in [0.5, 0.6) is 0 Å². The van der Waals surface area contributed by atoms with Gasteiger partial charge in [-0.2, -0.15) is 9.30 Å².